The Morgan fingerprint density at radius 2 is 1.73 bits per heavy atom. The van der Waals surface area contributed by atoms with Gasteiger partial charge in [0.05, 0.1) is 11.6 Å². The van der Waals surface area contributed by atoms with Gasteiger partial charge in [0, 0.05) is 11.1 Å². The maximum absolute atomic E-state index is 12.0. The van der Waals surface area contributed by atoms with Crippen LogP contribution < -0.4 is 10.1 Å². The van der Waals surface area contributed by atoms with Crippen LogP contribution in [0.4, 0.5) is 0 Å². The first kappa shape index (κ1) is 19.5. The fraction of sp³-hybridized carbons (Fsp3) is 0.211. The predicted molar refractivity (Wildman–Crippen MR) is 96.7 cm³/mol. The number of halogens is 1. The monoisotopic (exact) mass is 375 g/mol. The molecule has 1 N–H and O–H groups in total. The third kappa shape index (κ3) is 5.60. The van der Waals surface area contributed by atoms with Crippen LogP contribution in [0.25, 0.3) is 0 Å². The van der Waals surface area contributed by atoms with Gasteiger partial charge in [-0.1, -0.05) is 23.7 Å². The van der Waals surface area contributed by atoms with Gasteiger partial charge in [0.15, 0.2) is 6.61 Å². The molecule has 2 aromatic rings. The van der Waals surface area contributed by atoms with Crippen LogP contribution >= 0.6 is 11.6 Å². The molecule has 0 saturated heterocycles. The van der Waals surface area contributed by atoms with Gasteiger partial charge in [-0.25, -0.2) is 0 Å². The standard InChI is InChI=1S/C19H18ClNO5/c1-2-25-14-9-7-13(8-10-14)19(24)21-11-18(23)26-12-17(22)15-5-3-4-6-16(15)20/h3-10H,2,11-12H2,1H3,(H,21,24). The van der Waals surface area contributed by atoms with E-state index in [4.69, 9.17) is 21.1 Å². The largest absolute Gasteiger partial charge is 0.494 e. The number of hydrogen-bond acceptors (Lipinski definition) is 5. The molecule has 0 spiro atoms. The lowest BCUT2D eigenvalue weighted by atomic mass is 10.1. The van der Waals surface area contributed by atoms with Gasteiger partial charge in [-0.15, -0.1) is 0 Å². The maximum atomic E-state index is 12.0. The Morgan fingerprint density at radius 3 is 2.38 bits per heavy atom. The van der Waals surface area contributed by atoms with Crippen molar-refractivity contribution in [2.45, 2.75) is 6.92 Å². The maximum Gasteiger partial charge on any atom is 0.325 e. The molecule has 0 radical (unpaired) electrons. The molecule has 0 heterocycles. The zero-order valence-corrected chi connectivity index (χ0v) is 14.9. The molecule has 1 amide bonds. The van der Waals surface area contributed by atoms with Crippen LogP contribution in [-0.4, -0.2) is 37.4 Å². The molecular weight excluding hydrogens is 358 g/mol. The van der Waals surface area contributed by atoms with Crippen molar-refractivity contribution in [2.75, 3.05) is 19.8 Å². The van der Waals surface area contributed by atoms with Gasteiger partial charge in [-0.05, 0) is 43.3 Å². The Balaban J connectivity index is 1.78. The van der Waals surface area contributed by atoms with Gasteiger partial charge in [0.1, 0.15) is 12.3 Å². The lowest BCUT2D eigenvalue weighted by Crippen LogP contribution is -2.31. The smallest absolute Gasteiger partial charge is 0.325 e. The number of carbonyl (C=O) groups is 3. The highest BCUT2D eigenvalue weighted by Crippen LogP contribution is 2.15. The van der Waals surface area contributed by atoms with E-state index in [9.17, 15) is 14.4 Å². The van der Waals surface area contributed by atoms with Crippen molar-refractivity contribution in [3.8, 4) is 5.75 Å². The summed E-state index contributed by atoms with van der Waals surface area (Å²) in [6.07, 6.45) is 0. The van der Waals surface area contributed by atoms with Crippen LogP contribution in [0.15, 0.2) is 48.5 Å². The minimum Gasteiger partial charge on any atom is -0.494 e. The van der Waals surface area contributed by atoms with E-state index in [0.717, 1.165) is 0 Å². The first-order valence-electron chi connectivity index (χ1n) is 7.95. The van der Waals surface area contributed by atoms with E-state index in [-0.39, 0.29) is 17.1 Å². The number of hydrogen-bond donors (Lipinski definition) is 1. The summed E-state index contributed by atoms with van der Waals surface area (Å²) in [4.78, 5) is 35.6. The first-order valence-corrected chi connectivity index (χ1v) is 8.33. The highest BCUT2D eigenvalue weighted by atomic mass is 35.5. The van der Waals surface area contributed by atoms with Gasteiger partial charge >= 0.3 is 5.97 Å². The number of Topliss-reactive ketones (excluding diaryl/α,β-unsaturated/α-hetero) is 1. The van der Waals surface area contributed by atoms with Crippen LogP contribution in [0, 0.1) is 0 Å². The number of carbonyl (C=O) groups excluding carboxylic acids is 3. The van der Waals surface area contributed by atoms with Crippen LogP contribution in [0.5, 0.6) is 5.75 Å². The molecular formula is C19H18ClNO5. The SMILES string of the molecule is CCOc1ccc(C(=O)NCC(=O)OCC(=O)c2ccccc2Cl)cc1. The molecule has 6 nitrogen and oxygen atoms in total. The summed E-state index contributed by atoms with van der Waals surface area (Å²) in [7, 11) is 0. The van der Waals surface area contributed by atoms with Gasteiger partial charge in [-0.2, -0.15) is 0 Å². The minimum atomic E-state index is -0.718. The molecule has 2 aromatic carbocycles. The summed E-state index contributed by atoms with van der Waals surface area (Å²) in [5, 5.41) is 2.72. The zero-order valence-electron chi connectivity index (χ0n) is 14.2. The first-order chi connectivity index (χ1) is 12.5. The number of nitrogens with one attached hydrogen (secondary N) is 1. The molecule has 0 aromatic heterocycles. The van der Waals surface area contributed by atoms with E-state index < -0.39 is 24.3 Å². The Labute approximate surface area is 156 Å². The molecule has 0 saturated carbocycles. The molecule has 0 aliphatic carbocycles. The van der Waals surface area contributed by atoms with E-state index >= 15 is 0 Å². The highest BCUT2D eigenvalue weighted by Gasteiger charge is 2.14. The molecule has 0 atom stereocenters. The third-order valence-corrected chi connectivity index (χ3v) is 3.69. The van der Waals surface area contributed by atoms with Crippen molar-refractivity contribution in [3.63, 3.8) is 0 Å². The number of ketones is 1. The average molecular weight is 376 g/mol. The molecule has 0 unspecified atom stereocenters. The minimum absolute atomic E-state index is 0.278. The normalized spacial score (nSPS) is 10.1. The lowest BCUT2D eigenvalue weighted by molar-refractivity contribution is -0.141. The summed E-state index contributed by atoms with van der Waals surface area (Å²) in [5.41, 5.74) is 0.661. The van der Waals surface area contributed by atoms with Crippen molar-refractivity contribution in [1.82, 2.24) is 5.32 Å². The fourth-order valence-corrected chi connectivity index (χ4v) is 2.33. The number of ether oxygens (including phenoxy) is 2. The quantitative estimate of drug-likeness (QED) is 0.566. The highest BCUT2D eigenvalue weighted by molar-refractivity contribution is 6.34. The van der Waals surface area contributed by atoms with Crippen LogP contribution in [0.3, 0.4) is 0 Å². The van der Waals surface area contributed by atoms with Crippen LogP contribution in [0.2, 0.25) is 5.02 Å². The second-order valence-corrected chi connectivity index (χ2v) is 5.61. The molecule has 26 heavy (non-hydrogen) atoms. The van der Waals surface area contributed by atoms with E-state index in [1.165, 1.54) is 0 Å². The Morgan fingerprint density at radius 1 is 1.04 bits per heavy atom. The number of esters is 1. The lowest BCUT2D eigenvalue weighted by Gasteiger charge is -2.08. The van der Waals surface area contributed by atoms with Crippen molar-refractivity contribution in [3.05, 3.63) is 64.7 Å². The van der Waals surface area contributed by atoms with Crippen molar-refractivity contribution in [1.29, 1.82) is 0 Å². The molecule has 0 aliphatic heterocycles. The molecule has 136 valence electrons. The molecule has 0 bridgehead atoms. The van der Waals surface area contributed by atoms with Crippen molar-refractivity contribution in [2.24, 2.45) is 0 Å². The topological polar surface area (TPSA) is 81.7 Å². The van der Waals surface area contributed by atoms with Gasteiger partial charge in [-0.3, -0.25) is 14.4 Å². The Kier molecular flexibility index (Phi) is 7.17. The number of rotatable bonds is 8. The van der Waals surface area contributed by atoms with E-state index in [0.29, 0.717) is 17.9 Å². The zero-order chi connectivity index (χ0) is 18.9. The van der Waals surface area contributed by atoms with Crippen LogP contribution in [-0.2, 0) is 9.53 Å². The van der Waals surface area contributed by atoms with Gasteiger partial charge in [0.2, 0.25) is 5.78 Å². The third-order valence-electron chi connectivity index (χ3n) is 3.36. The summed E-state index contributed by atoms with van der Waals surface area (Å²) in [6.45, 7) is 1.61. The summed E-state index contributed by atoms with van der Waals surface area (Å²) < 4.78 is 10.2. The predicted octanol–water partition coefficient (Wildman–Crippen LogP) is 2.89. The van der Waals surface area contributed by atoms with E-state index in [1.54, 1.807) is 48.5 Å². The van der Waals surface area contributed by atoms with E-state index in [2.05, 4.69) is 5.32 Å². The average Bonchev–Trinajstić information content (AvgIpc) is 2.65. The van der Waals surface area contributed by atoms with Gasteiger partial charge in [0.25, 0.3) is 5.91 Å². The van der Waals surface area contributed by atoms with Crippen molar-refractivity contribution < 1.29 is 23.9 Å². The molecule has 0 aliphatic rings. The Hall–Kier alpha value is -2.86. The summed E-state index contributed by atoms with van der Waals surface area (Å²) in [5.74, 6) is -0.907. The molecule has 0 fully saturated rings. The summed E-state index contributed by atoms with van der Waals surface area (Å²) >= 11 is 5.91. The number of benzene rings is 2. The Bertz CT molecular complexity index is 789. The molecule has 2 rings (SSSR count). The second-order valence-electron chi connectivity index (χ2n) is 5.20. The summed E-state index contributed by atoms with van der Waals surface area (Å²) in [6, 6.07) is 13.0. The van der Waals surface area contributed by atoms with Crippen LogP contribution in [0.1, 0.15) is 27.6 Å². The fourth-order valence-electron chi connectivity index (χ4n) is 2.09. The van der Waals surface area contributed by atoms with Gasteiger partial charge < -0.3 is 14.8 Å². The second kappa shape index (κ2) is 9.58. The van der Waals surface area contributed by atoms with E-state index in [1.807, 2.05) is 6.92 Å². The van der Waals surface area contributed by atoms with Crippen molar-refractivity contribution >= 4 is 29.3 Å². The molecule has 7 heteroatoms. The number of amides is 1.